The van der Waals surface area contributed by atoms with Crippen LogP contribution >= 0.6 is 0 Å². The average Bonchev–Trinajstić information content (AvgIpc) is 2.95. The number of nitrogens with one attached hydrogen (secondary N) is 2. The Morgan fingerprint density at radius 2 is 2.10 bits per heavy atom. The molecule has 0 aliphatic carbocycles. The van der Waals surface area contributed by atoms with Crippen molar-refractivity contribution in [1.82, 2.24) is 10.2 Å². The minimum Gasteiger partial charge on any atom is -0.384 e. The monoisotopic (exact) mass is 275 g/mol. The first kappa shape index (κ1) is 13.9. The van der Waals surface area contributed by atoms with Gasteiger partial charge in [0.2, 0.25) is 0 Å². The van der Waals surface area contributed by atoms with Crippen molar-refractivity contribution < 1.29 is 4.74 Å². The molecule has 2 aliphatic rings. The highest BCUT2D eigenvalue weighted by Crippen LogP contribution is 2.22. The van der Waals surface area contributed by atoms with Crippen molar-refractivity contribution in [3.8, 4) is 0 Å². The van der Waals surface area contributed by atoms with E-state index in [0.717, 1.165) is 58.9 Å². The van der Waals surface area contributed by atoms with Crippen LogP contribution in [0.15, 0.2) is 18.2 Å². The molecule has 0 saturated carbocycles. The van der Waals surface area contributed by atoms with Crippen molar-refractivity contribution >= 4 is 5.69 Å². The fraction of sp³-hybridized carbons (Fsp3) is 0.625. The lowest BCUT2D eigenvalue weighted by Gasteiger charge is -2.26. The summed E-state index contributed by atoms with van der Waals surface area (Å²) in [5.41, 5.74) is 4.26. The predicted octanol–water partition coefficient (Wildman–Crippen LogP) is 1.12. The summed E-state index contributed by atoms with van der Waals surface area (Å²) >= 11 is 0. The summed E-state index contributed by atoms with van der Waals surface area (Å²) in [6.07, 6.45) is 2.30. The smallest absolute Gasteiger partial charge is 0.0594 e. The summed E-state index contributed by atoms with van der Waals surface area (Å²) in [6.45, 7) is 8.32. The van der Waals surface area contributed by atoms with Gasteiger partial charge in [-0.2, -0.15) is 0 Å². The van der Waals surface area contributed by atoms with Crippen LogP contribution in [0.3, 0.4) is 0 Å². The zero-order chi connectivity index (χ0) is 13.6. The number of nitrogens with zero attached hydrogens (tertiary/aromatic N) is 1. The van der Waals surface area contributed by atoms with E-state index in [1.807, 2.05) is 0 Å². The van der Waals surface area contributed by atoms with Crippen LogP contribution in [-0.4, -0.2) is 57.4 Å². The van der Waals surface area contributed by atoms with E-state index >= 15 is 0 Å². The van der Waals surface area contributed by atoms with Gasteiger partial charge >= 0.3 is 0 Å². The van der Waals surface area contributed by atoms with Crippen molar-refractivity contribution in [1.29, 1.82) is 0 Å². The fourth-order valence-electron chi connectivity index (χ4n) is 2.93. The van der Waals surface area contributed by atoms with Crippen molar-refractivity contribution in [3.05, 3.63) is 29.3 Å². The van der Waals surface area contributed by atoms with Crippen molar-refractivity contribution in [3.63, 3.8) is 0 Å². The third kappa shape index (κ3) is 3.72. The molecule has 4 nitrogen and oxygen atoms in total. The van der Waals surface area contributed by atoms with Gasteiger partial charge < -0.3 is 15.4 Å². The second-order valence-corrected chi connectivity index (χ2v) is 5.62. The summed E-state index contributed by atoms with van der Waals surface area (Å²) in [4.78, 5) is 2.47. The summed E-state index contributed by atoms with van der Waals surface area (Å²) in [5.74, 6) is 0. The number of fused-ring (bicyclic) bond motifs is 1. The Hall–Kier alpha value is -1.10. The third-order valence-electron chi connectivity index (χ3n) is 4.18. The SMILES string of the molecule is c1cc2c(cc1CCNCCN1CCOCC1)CCN2. The lowest BCUT2D eigenvalue weighted by molar-refractivity contribution is 0.0385. The highest BCUT2D eigenvalue weighted by Gasteiger charge is 2.10. The van der Waals surface area contributed by atoms with Gasteiger partial charge in [0.25, 0.3) is 0 Å². The molecule has 2 N–H and O–H groups in total. The summed E-state index contributed by atoms with van der Waals surface area (Å²) in [6, 6.07) is 6.84. The molecule has 0 unspecified atom stereocenters. The minimum atomic E-state index is 0.892. The van der Waals surface area contributed by atoms with E-state index in [9.17, 15) is 0 Å². The van der Waals surface area contributed by atoms with Crippen molar-refractivity contribution in [2.24, 2.45) is 0 Å². The molecule has 2 aliphatic heterocycles. The van der Waals surface area contributed by atoms with Gasteiger partial charge in [0, 0.05) is 38.4 Å². The maximum Gasteiger partial charge on any atom is 0.0594 e. The van der Waals surface area contributed by atoms with Crippen molar-refractivity contribution in [2.45, 2.75) is 12.8 Å². The molecule has 4 heteroatoms. The quantitative estimate of drug-likeness (QED) is 0.763. The number of benzene rings is 1. The molecular formula is C16H25N3O. The largest absolute Gasteiger partial charge is 0.384 e. The second-order valence-electron chi connectivity index (χ2n) is 5.62. The summed E-state index contributed by atoms with van der Waals surface area (Å²) < 4.78 is 5.35. The lowest BCUT2D eigenvalue weighted by Crippen LogP contribution is -2.40. The summed E-state index contributed by atoms with van der Waals surface area (Å²) in [5, 5.41) is 6.96. The van der Waals surface area contributed by atoms with Gasteiger partial charge in [0.15, 0.2) is 0 Å². The average molecular weight is 275 g/mol. The molecule has 0 radical (unpaired) electrons. The number of hydrogen-bond donors (Lipinski definition) is 2. The van der Waals surface area contributed by atoms with E-state index in [1.54, 1.807) is 0 Å². The number of morpholine rings is 1. The molecule has 0 bridgehead atoms. The molecule has 1 fully saturated rings. The Morgan fingerprint density at radius 1 is 1.20 bits per heavy atom. The Bertz CT molecular complexity index is 430. The van der Waals surface area contributed by atoms with E-state index < -0.39 is 0 Å². The normalized spacial score (nSPS) is 18.8. The van der Waals surface area contributed by atoms with Gasteiger partial charge in [-0.1, -0.05) is 12.1 Å². The predicted molar refractivity (Wildman–Crippen MR) is 82.5 cm³/mol. The molecule has 1 aromatic carbocycles. The second kappa shape index (κ2) is 7.07. The van der Waals surface area contributed by atoms with E-state index in [1.165, 1.54) is 23.2 Å². The molecule has 0 aromatic heterocycles. The van der Waals surface area contributed by atoms with Crippen LogP contribution in [-0.2, 0) is 17.6 Å². The van der Waals surface area contributed by atoms with Crippen LogP contribution in [0.5, 0.6) is 0 Å². The standard InChI is InChI=1S/C16H25N3O/c1-2-16-15(4-6-18-16)13-14(1)3-5-17-7-8-19-9-11-20-12-10-19/h1-2,13,17-18H,3-12H2. The molecule has 1 aromatic rings. The topological polar surface area (TPSA) is 36.5 Å². The molecule has 1 saturated heterocycles. The molecule has 3 rings (SSSR count). The Balaban J connectivity index is 1.33. The van der Waals surface area contributed by atoms with E-state index in [2.05, 4.69) is 33.7 Å². The molecule has 0 amide bonds. The van der Waals surface area contributed by atoms with Crippen LogP contribution < -0.4 is 10.6 Å². The highest BCUT2D eigenvalue weighted by atomic mass is 16.5. The molecule has 0 atom stereocenters. The molecule has 2 heterocycles. The van der Waals surface area contributed by atoms with Gasteiger partial charge in [-0.3, -0.25) is 4.90 Å². The first-order chi connectivity index (χ1) is 9.92. The van der Waals surface area contributed by atoms with Gasteiger partial charge in [-0.15, -0.1) is 0 Å². The van der Waals surface area contributed by atoms with Crippen LogP contribution in [0.2, 0.25) is 0 Å². The Morgan fingerprint density at radius 3 is 3.00 bits per heavy atom. The van der Waals surface area contributed by atoms with Gasteiger partial charge in [-0.25, -0.2) is 0 Å². The van der Waals surface area contributed by atoms with Crippen LogP contribution in [0, 0.1) is 0 Å². The van der Waals surface area contributed by atoms with Gasteiger partial charge in [0.05, 0.1) is 13.2 Å². The highest BCUT2D eigenvalue weighted by molar-refractivity contribution is 5.56. The van der Waals surface area contributed by atoms with Gasteiger partial charge in [0.1, 0.15) is 0 Å². The Labute approximate surface area is 121 Å². The van der Waals surface area contributed by atoms with Gasteiger partial charge in [-0.05, 0) is 36.6 Å². The minimum absolute atomic E-state index is 0.892. The molecular weight excluding hydrogens is 250 g/mol. The van der Waals surface area contributed by atoms with Crippen LogP contribution in [0.1, 0.15) is 11.1 Å². The fourth-order valence-corrected chi connectivity index (χ4v) is 2.93. The van der Waals surface area contributed by atoms with E-state index in [4.69, 9.17) is 4.74 Å². The summed E-state index contributed by atoms with van der Waals surface area (Å²) in [7, 11) is 0. The van der Waals surface area contributed by atoms with E-state index in [-0.39, 0.29) is 0 Å². The number of ether oxygens (including phenoxy) is 1. The van der Waals surface area contributed by atoms with E-state index in [0.29, 0.717) is 0 Å². The Kier molecular flexibility index (Phi) is 4.90. The lowest BCUT2D eigenvalue weighted by atomic mass is 10.1. The van der Waals surface area contributed by atoms with Crippen molar-refractivity contribution in [2.75, 3.05) is 57.8 Å². The molecule has 0 spiro atoms. The number of rotatable bonds is 6. The first-order valence-electron chi connectivity index (χ1n) is 7.78. The van der Waals surface area contributed by atoms with Crippen LogP contribution in [0.4, 0.5) is 5.69 Å². The zero-order valence-electron chi connectivity index (χ0n) is 12.2. The number of anilines is 1. The number of hydrogen-bond acceptors (Lipinski definition) is 4. The zero-order valence-corrected chi connectivity index (χ0v) is 12.2. The molecule has 20 heavy (non-hydrogen) atoms. The van der Waals surface area contributed by atoms with Crippen LogP contribution in [0.25, 0.3) is 0 Å². The maximum absolute atomic E-state index is 5.35. The maximum atomic E-state index is 5.35. The molecule has 110 valence electrons. The third-order valence-corrected chi connectivity index (χ3v) is 4.18. The first-order valence-corrected chi connectivity index (χ1v) is 7.78.